The Morgan fingerprint density at radius 3 is 2.00 bits per heavy atom. The van der Waals surface area contributed by atoms with Gasteiger partial charge in [0.2, 0.25) is 5.92 Å². The molecule has 0 N–H and O–H groups in total. The number of nitriles is 2. The Hall–Kier alpha value is -0.550. The fraction of sp³-hybridized carbons (Fsp3) is 0.400. The van der Waals surface area contributed by atoms with Crippen LogP contribution in [0.4, 0.5) is 0 Å². The second-order valence-electron chi connectivity index (χ2n) is 1.21. The molecule has 0 spiro atoms. The van der Waals surface area contributed by atoms with E-state index in [1.165, 1.54) is 12.1 Å². The molecule has 0 saturated carbocycles. The second-order valence-corrected chi connectivity index (χ2v) is 1.21. The first-order chi connectivity index (χ1) is 4.26. The maximum Gasteiger partial charge on any atom is 0.337 e. The van der Waals surface area contributed by atoms with E-state index in [1.54, 1.807) is 0 Å². The third-order valence-corrected chi connectivity index (χ3v) is 0.695. The number of carbonyl (C=O) groups is 1. The molecule has 0 aromatic heterocycles. The van der Waals surface area contributed by atoms with Crippen molar-refractivity contribution in [2.45, 2.75) is 0 Å². The molecule has 0 aliphatic carbocycles. The number of esters is 1. The van der Waals surface area contributed by atoms with Crippen molar-refractivity contribution in [3.8, 4) is 12.1 Å². The first-order valence-electron chi connectivity index (χ1n) is 2.13. The summed E-state index contributed by atoms with van der Waals surface area (Å²) in [6.07, 6.45) is 0. The summed E-state index contributed by atoms with van der Waals surface area (Å²) in [5.74, 6) is -2.09. The van der Waals surface area contributed by atoms with Crippen molar-refractivity contribution in [2.24, 2.45) is 5.92 Å². The molecule has 0 unspecified atom stereocenters. The summed E-state index contributed by atoms with van der Waals surface area (Å²) in [6, 6.07) is 2.93. The fourth-order valence-corrected chi connectivity index (χ4v) is 0.252. The molecule has 10 heavy (non-hydrogen) atoms. The van der Waals surface area contributed by atoms with Gasteiger partial charge in [-0.3, -0.25) is 0 Å². The van der Waals surface area contributed by atoms with E-state index >= 15 is 0 Å². The third-order valence-electron chi connectivity index (χ3n) is 0.695. The summed E-state index contributed by atoms with van der Waals surface area (Å²) < 4.78 is 4.11. The molecule has 0 amide bonds. The molecule has 47 valence electrons. The quantitative estimate of drug-likeness (QED) is 0.368. The van der Waals surface area contributed by atoms with E-state index in [-0.39, 0.29) is 29.6 Å². The van der Waals surface area contributed by atoms with Gasteiger partial charge in [0.15, 0.2) is 0 Å². The van der Waals surface area contributed by atoms with Crippen LogP contribution in [0.25, 0.3) is 0 Å². The predicted molar refractivity (Wildman–Crippen MR) is 32.5 cm³/mol. The van der Waals surface area contributed by atoms with Gasteiger partial charge in [0.05, 0.1) is 19.2 Å². The van der Waals surface area contributed by atoms with Gasteiger partial charge in [0.1, 0.15) is 0 Å². The van der Waals surface area contributed by atoms with Crippen molar-refractivity contribution in [3.63, 3.8) is 0 Å². The predicted octanol–water partition coefficient (Wildman–Crippen LogP) is -0.558. The molecule has 0 atom stereocenters. The van der Waals surface area contributed by atoms with E-state index in [1.807, 2.05) is 0 Å². The Morgan fingerprint density at radius 1 is 1.50 bits per heavy atom. The Balaban J connectivity index is 0. The zero-order valence-electron chi connectivity index (χ0n) is 5.79. The average Bonchev–Trinajstić information content (AvgIpc) is 1.90. The van der Waals surface area contributed by atoms with Crippen molar-refractivity contribution in [1.82, 2.24) is 0 Å². The largest absolute Gasteiger partial charge is 0.467 e. The number of ether oxygens (including phenoxy) is 1. The van der Waals surface area contributed by atoms with Crippen LogP contribution in [0.5, 0.6) is 0 Å². The number of hydrogen-bond acceptors (Lipinski definition) is 4. The van der Waals surface area contributed by atoms with Crippen LogP contribution >= 0.6 is 0 Å². The van der Waals surface area contributed by atoms with Gasteiger partial charge >= 0.3 is 5.97 Å². The Bertz CT molecular complexity index is 177. The molecular formula is C5H4N2NaO2. The summed E-state index contributed by atoms with van der Waals surface area (Å²) in [7, 11) is 1.13. The maximum absolute atomic E-state index is 10.3. The summed E-state index contributed by atoms with van der Waals surface area (Å²) in [4.78, 5) is 10.3. The minimum atomic E-state index is -1.28. The average molecular weight is 147 g/mol. The molecule has 0 aliphatic rings. The SMILES string of the molecule is COC(=O)C(C#N)C#N.[Na]. The van der Waals surface area contributed by atoms with E-state index in [0.717, 1.165) is 7.11 Å². The smallest absolute Gasteiger partial charge is 0.337 e. The second kappa shape index (κ2) is 6.57. The van der Waals surface area contributed by atoms with Crippen LogP contribution in [0, 0.1) is 28.6 Å². The van der Waals surface area contributed by atoms with Gasteiger partial charge in [-0.25, -0.2) is 4.79 Å². The van der Waals surface area contributed by atoms with Gasteiger partial charge in [-0.15, -0.1) is 0 Å². The van der Waals surface area contributed by atoms with Gasteiger partial charge in [0, 0.05) is 29.6 Å². The van der Waals surface area contributed by atoms with Crippen LogP contribution in [0.2, 0.25) is 0 Å². The number of carbonyl (C=O) groups excluding carboxylic acids is 1. The van der Waals surface area contributed by atoms with Crippen molar-refractivity contribution in [3.05, 3.63) is 0 Å². The topological polar surface area (TPSA) is 73.9 Å². The van der Waals surface area contributed by atoms with Crippen molar-refractivity contribution in [1.29, 1.82) is 10.5 Å². The van der Waals surface area contributed by atoms with Crippen LogP contribution in [0.3, 0.4) is 0 Å². The molecule has 0 fully saturated rings. The Labute approximate surface area is 80.7 Å². The van der Waals surface area contributed by atoms with Crippen LogP contribution in [-0.2, 0) is 9.53 Å². The molecule has 4 nitrogen and oxygen atoms in total. The van der Waals surface area contributed by atoms with Crippen molar-refractivity contribution in [2.75, 3.05) is 7.11 Å². The molecule has 5 heteroatoms. The van der Waals surface area contributed by atoms with Crippen LogP contribution in [-0.4, -0.2) is 42.6 Å². The standard InChI is InChI=1S/C5H4N2O2.Na/c1-9-5(8)4(2-6)3-7;/h4H,1H3;. The van der Waals surface area contributed by atoms with Gasteiger partial charge < -0.3 is 4.74 Å². The van der Waals surface area contributed by atoms with Gasteiger partial charge in [-0.2, -0.15) is 10.5 Å². The fourth-order valence-electron chi connectivity index (χ4n) is 0.252. The normalized spacial score (nSPS) is 6.80. The molecule has 0 saturated heterocycles. The molecular weight excluding hydrogens is 143 g/mol. The molecule has 0 aliphatic heterocycles. The maximum atomic E-state index is 10.3. The molecule has 0 heterocycles. The monoisotopic (exact) mass is 147 g/mol. The van der Waals surface area contributed by atoms with E-state index in [0.29, 0.717) is 0 Å². The van der Waals surface area contributed by atoms with Crippen LogP contribution in [0.1, 0.15) is 0 Å². The summed E-state index contributed by atoms with van der Waals surface area (Å²) >= 11 is 0. The third kappa shape index (κ3) is 3.47. The minimum absolute atomic E-state index is 0. The number of hydrogen-bond donors (Lipinski definition) is 0. The van der Waals surface area contributed by atoms with E-state index in [2.05, 4.69) is 4.74 Å². The number of nitrogens with zero attached hydrogens (tertiary/aromatic N) is 2. The van der Waals surface area contributed by atoms with Crippen molar-refractivity contribution < 1.29 is 9.53 Å². The molecule has 0 bridgehead atoms. The molecule has 0 aromatic rings. The molecule has 1 radical (unpaired) electrons. The van der Waals surface area contributed by atoms with Gasteiger partial charge in [0.25, 0.3) is 0 Å². The molecule has 0 aromatic carbocycles. The molecule has 0 rings (SSSR count). The van der Waals surface area contributed by atoms with E-state index in [9.17, 15) is 4.79 Å². The van der Waals surface area contributed by atoms with E-state index < -0.39 is 11.9 Å². The summed E-state index contributed by atoms with van der Waals surface area (Å²) in [6.45, 7) is 0. The van der Waals surface area contributed by atoms with Crippen molar-refractivity contribution >= 4 is 35.5 Å². The number of rotatable bonds is 1. The first kappa shape index (κ1) is 12.2. The van der Waals surface area contributed by atoms with Crippen LogP contribution in [0.15, 0.2) is 0 Å². The number of methoxy groups -OCH3 is 1. The zero-order valence-corrected chi connectivity index (χ0v) is 7.79. The summed E-state index contributed by atoms with van der Waals surface area (Å²) in [5.41, 5.74) is 0. The Morgan fingerprint density at radius 2 is 1.90 bits per heavy atom. The van der Waals surface area contributed by atoms with E-state index in [4.69, 9.17) is 10.5 Å². The minimum Gasteiger partial charge on any atom is -0.467 e. The Kier molecular flexibility index (Phi) is 7.99. The zero-order chi connectivity index (χ0) is 7.28. The summed E-state index contributed by atoms with van der Waals surface area (Å²) in [5, 5.41) is 16.1. The first-order valence-corrected chi connectivity index (χ1v) is 2.13. The van der Waals surface area contributed by atoms with Gasteiger partial charge in [-0.05, 0) is 0 Å². The van der Waals surface area contributed by atoms with Crippen LogP contribution < -0.4 is 0 Å². The van der Waals surface area contributed by atoms with Gasteiger partial charge in [-0.1, -0.05) is 0 Å².